The maximum atomic E-state index is 12.4. The quantitative estimate of drug-likeness (QED) is 0.731. The molecule has 1 aromatic carbocycles. The van der Waals surface area contributed by atoms with Crippen LogP contribution in [0.5, 0.6) is 11.6 Å². The summed E-state index contributed by atoms with van der Waals surface area (Å²) in [5.41, 5.74) is -0.833. The van der Waals surface area contributed by atoms with E-state index < -0.39 is 11.7 Å². The molecule has 0 spiro atoms. The number of benzene rings is 1. The van der Waals surface area contributed by atoms with E-state index in [9.17, 15) is 13.2 Å². The highest BCUT2D eigenvalue weighted by atomic mass is 79.9. The summed E-state index contributed by atoms with van der Waals surface area (Å²) in [6.07, 6.45) is -3.71. The van der Waals surface area contributed by atoms with Crippen LogP contribution >= 0.6 is 27.5 Å². The van der Waals surface area contributed by atoms with Crippen molar-refractivity contribution < 1.29 is 17.9 Å². The summed E-state index contributed by atoms with van der Waals surface area (Å²) in [5, 5.41) is 0.323. The van der Waals surface area contributed by atoms with Gasteiger partial charge in [0.25, 0.3) is 0 Å². The van der Waals surface area contributed by atoms with Gasteiger partial charge in [-0.05, 0) is 34.1 Å². The lowest BCUT2D eigenvalue weighted by Crippen LogP contribution is -2.05. The Balaban J connectivity index is 2.23. The van der Waals surface area contributed by atoms with Crippen molar-refractivity contribution in [2.45, 2.75) is 6.18 Å². The summed E-state index contributed by atoms with van der Waals surface area (Å²) >= 11 is 9.18. The molecule has 0 saturated heterocycles. The Hall–Kier alpha value is -1.27. The first kappa shape index (κ1) is 14.1. The number of ether oxygens (including phenoxy) is 1. The van der Waals surface area contributed by atoms with E-state index in [1.54, 1.807) is 18.2 Å². The molecule has 1 aromatic heterocycles. The van der Waals surface area contributed by atoms with E-state index in [-0.39, 0.29) is 5.88 Å². The Kier molecular flexibility index (Phi) is 4.01. The summed E-state index contributed by atoms with van der Waals surface area (Å²) in [7, 11) is 0. The number of pyridine rings is 1. The largest absolute Gasteiger partial charge is 0.437 e. The Morgan fingerprint density at radius 2 is 1.89 bits per heavy atom. The smallest absolute Gasteiger partial charge is 0.417 e. The number of aromatic nitrogens is 1. The molecule has 0 fully saturated rings. The molecule has 0 amide bonds. The highest BCUT2D eigenvalue weighted by Crippen LogP contribution is 2.35. The molecule has 0 unspecified atom stereocenters. The van der Waals surface area contributed by atoms with Crippen LogP contribution in [0.15, 0.2) is 41.0 Å². The molecule has 0 aliphatic rings. The van der Waals surface area contributed by atoms with Crippen molar-refractivity contribution in [2.24, 2.45) is 0 Å². The molecular weight excluding hydrogens is 346 g/mol. The van der Waals surface area contributed by atoms with Crippen LogP contribution in [0.25, 0.3) is 0 Å². The molecule has 1 heterocycles. The second-order valence-electron chi connectivity index (χ2n) is 3.54. The molecule has 0 aliphatic heterocycles. The molecule has 0 aliphatic carbocycles. The number of nitrogens with zero attached hydrogens (tertiary/aromatic N) is 1. The summed E-state index contributed by atoms with van der Waals surface area (Å²) in [5.74, 6) is 0.344. The van der Waals surface area contributed by atoms with Crippen LogP contribution in [0.4, 0.5) is 13.2 Å². The van der Waals surface area contributed by atoms with Crippen LogP contribution in [0.2, 0.25) is 5.02 Å². The molecule has 0 atom stereocenters. The predicted octanol–water partition coefficient (Wildman–Crippen LogP) is 5.31. The SMILES string of the molecule is FC(F)(F)c1ccc(Oc2cccc(Br)c2Cl)nc1. The Morgan fingerprint density at radius 3 is 2.47 bits per heavy atom. The lowest BCUT2D eigenvalue weighted by molar-refractivity contribution is -0.137. The van der Waals surface area contributed by atoms with Crippen molar-refractivity contribution in [1.29, 1.82) is 0 Å². The summed E-state index contributed by atoms with van der Waals surface area (Å²) in [6.45, 7) is 0. The van der Waals surface area contributed by atoms with Gasteiger partial charge < -0.3 is 4.74 Å². The van der Waals surface area contributed by atoms with Crippen molar-refractivity contribution in [3.63, 3.8) is 0 Å². The highest BCUT2D eigenvalue weighted by molar-refractivity contribution is 9.10. The maximum absolute atomic E-state index is 12.4. The molecule has 0 N–H and O–H groups in total. The molecule has 0 saturated carbocycles. The van der Waals surface area contributed by atoms with Gasteiger partial charge in [-0.15, -0.1) is 0 Å². The lowest BCUT2D eigenvalue weighted by Gasteiger charge is -2.09. The third-order valence-electron chi connectivity index (χ3n) is 2.19. The number of hydrogen-bond donors (Lipinski definition) is 0. The van der Waals surface area contributed by atoms with Gasteiger partial charge >= 0.3 is 6.18 Å². The third-order valence-corrected chi connectivity index (χ3v) is 3.47. The van der Waals surface area contributed by atoms with Crippen molar-refractivity contribution in [3.05, 3.63) is 51.6 Å². The normalized spacial score (nSPS) is 11.4. The minimum Gasteiger partial charge on any atom is -0.437 e. The number of halogens is 5. The molecule has 0 bridgehead atoms. The topological polar surface area (TPSA) is 22.1 Å². The van der Waals surface area contributed by atoms with E-state index in [4.69, 9.17) is 16.3 Å². The third kappa shape index (κ3) is 3.39. The van der Waals surface area contributed by atoms with Gasteiger partial charge in [0.2, 0.25) is 5.88 Å². The van der Waals surface area contributed by atoms with Gasteiger partial charge in [0.05, 0.1) is 10.6 Å². The van der Waals surface area contributed by atoms with Crippen molar-refractivity contribution in [3.8, 4) is 11.6 Å². The van der Waals surface area contributed by atoms with E-state index in [2.05, 4.69) is 20.9 Å². The fourth-order valence-corrected chi connectivity index (χ4v) is 1.80. The Morgan fingerprint density at radius 1 is 1.16 bits per heavy atom. The van der Waals surface area contributed by atoms with Gasteiger partial charge in [0.1, 0.15) is 5.75 Å². The Bertz CT molecular complexity index is 587. The van der Waals surface area contributed by atoms with Crippen LogP contribution in [0, 0.1) is 0 Å². The number of rotatable bonds is 2. The zero-order valence-electron chi connectivity index (χ0n) is 9.21. The molecule has 2 aromatic rings. The Labute approximate surface area is 120 Å². The minimum absolute atomic E-state index is 0.0352. The highest BCUT2D eigenvalue weighted by Gasteiger charge is 2.30. The standard InChI is InChI=1S/C12H6BrClF3NO/c13-8-2-1-3-9(11(8)14)19-10-5-4-7(6-18-10)12(15,16)17/h1-6H. The summed E-state index contributed by atoms with van der Waals surface area (Å²) < 4.78 is 43.0. The molecule has 2 nitrogen and oxygen atoms in total. The van der Waals surface area contributed by atoms with E-state index in [0.717, 1.165) is 12.1 Å². The van der Waals surface area contributed by atoms with Gasteiger partial charge in [-0.2, -0.15) is 13.2 Å². The van der Waals surface area contributed by atoms with Crippen molar-refractivity contribution in [2.75, 3.05) is 0 Å². The van der Waals surface area contributed by atoms with Gasteiger partial charge in [-0.25, -0.2) is 4.98 Å². The van der Waals surface area contributed by atoms with Crippen molar-refractivity contribution in [1.82, 2.24) is 4.98 Å². The minimum atomic E-state index is -4.42. The fraction of sp³-hybridized carbons (Fsp3) is 0.0833. The molecule has 7 heteroatoms. The molecule has 19 heavy (non-hydrogen) atoms. The van der Waals surface area contributed by atoms with Crippen LogP contribution in [0.1, 0.15) is 5.56 Å². The lowest BCUT2D eigenvalue weighted by atomic mass is 10.3. The maximum Gasteiger partial charge on any atom is 0.417 e. The summed E-state index contributed by atoms with van der Waals surface area (Å²) in [4.78, 5) is 3.60. The van der Waals surface area contributed by atoms with Gasteiger partial charge in [0, 0.05) is 16.7 Å². The van der Waals surface area contributed by atoms with Crippen molar-refractivity contribution >= 4 is 27.5 Å². The van der Waals surface area contributed by atoms with E-state index in [1.165, 1.54) is 0 Å². The number of alkyl halides is 3. The average Bonchev–Trinajstić information content (AvgIpc) is 2.35. The molecule has 0 radical (unpaired) electrons. The first-order valence-corrected chi connectivity index (χ1v) is 6.20. The van der Waals surface area contributed by atoms with Crippen LogP contribution in [-0.2, 0) is 6.18 Å². The van der Waals surface area contributed by atoms with Crippen LogP contribution in [-0.4, -0.2) is 4.98 Å². The van der Waals surface area contributed by atoms with Gasteiger partial charge in [-0.3, -0.25) is 0 Å². The first-order valence-electron chi connectivity index (χ1n) is 5.03. The summed E-state index contributed by atoms with van der Waals surface area (Å²) in [6, 6.07) is 7.03. The fourth-order valence-electron chi connectivity index (χ4n) is 1.28. The zero-order chi connectivity index (χ0) is 14.0. The van der Waals surface area contributed by atoms with Gasteiger partial charge in [-0.1, -0.05) is 17.7 Å². The average molecular weight is 353 g/mol. The van der Waals surface area contributed by atoms with Crippen LogP contribution in [0.3, 0.4) is 0 Å². The van der Waals surface area contributed by atoms with Crippen LogP contribution < -0.4 is 4.74 Å². The number of hydrogen-bond acceptors (Lipinski definition) is 2. The van der Waals surface area contributed by atoms with E-state index in [0.29, 0.717) is 21.4 Å². The molecular formula is C12H6BrClF3NO. The monoisotopic (exact) mass is 351 g/mol. The zero-order valence-corrected chi connectivity index (χ0v) is 11.6. The van der Waals surface area contributed by atoms with Gasteiger partial charge in [0.15, 0.2) is 0 Å². The second-order valence-corrected chi connectivity index (χ2v) is 4.77. The van der Waals surface area contributed by atoms with E-state index >= 15 is 0 Å². The van der Waals surface area contributed by atoms with E-state index in [1.807, 2.05) is 0 Å². The molecule has 2 rings (SSSR count). The first-order chi connectivity index (χ1) is 8.88. The molecule has 100 valence electrons. The second kappa shape index (κ2) is 5.38. The predicted molar refractivity (Wildman–Crippen MR) is 68.5 cm³/mol.